The highest BCUT2D eigenvalue weighted by atomic mass is 32.1. The lowest BCUT2D eigenvalue weighted by Gasteiger charge is -2.07. The summed E-state index contributed by atoms with van der Waals surface area (Å²) in [5.74, 6) is -0.864. The summed E-state index contributed by atoms with van der Waals surface area (Å²) >= 11 is 1.31. The molecule has 3 nitrogen and oxygen atoms in total. The van der Waals surface area contributed by atoms with Gasteiger partial charge in [0.1, 0.15) is 4.88 Å². The second kappa shape index (κ2) is 4.59. The highest BCUT2D eigenvalue weighted by molar-refractivity contribution is 7.14. The first-order valence-corrected chi connectivity index (χ1v) is 6.06. The molecular weight excluding hydrogens is 234 g/mol. The third-order valence-electron chi connectivity index (χ3n) is 2.56. The first-order chi connectivity index (χ1) is 8.09. The quantitative estimate of drug-likeness (QED) is 0.867. The molecule has 2 rings (SSSR count). The minimum atomic E-state index is -0.864. The maximum atomic E-state index is 11.0. The summed E-state index contributed by atoms with van der Waals surface area (Å²) in [6, 6.07) is 9.74. The number of rotatable bonds is 3. The zero-order chi connectivity index (χ0) is 12.4. The number of carboxylic acid groups (broad SMARTS) is 1. The maximum absolute atomic E-state index is 11.0. The van der Waals surface area contributed by atoms with E-state index in [1.807, 2.05) is 44.2 Å². The van der Waals surface area contributed by atoms with Crippen molar-refractivity contribution in [2.24, 2.45) is 0 Å². The third kappa shape index (κ3) is 2.31. The van der Waals surface area contributed by atoms with Gasteiger partial charge in [-0.25, -0.2) is 4.79 Å². The second-order valence-corrected chi connectivity index (χ2v) is 5.01. The number of para-hydroxylation sites is 1. The van der Waals surface area contributed by atoms with Gasteiger partial charge in [0, 0.05) is 10.6 Å². The lowest BCUT2D eigenvalue weighted by Crippen LogP contribution is -1.96. The summed E-state index contributed by atoms with van der Waals surface area (Å²) in [6.45, 7) is 3.76. The summed E-state index contributed by atoms with van der Waals surface area (Å²) < 4.78 is 0. The molecule has 0 aliphatic carbocycles. The zero-order valence-electron chi connectivity index (χ0n) is 9.65. The molecule has 88 valence electrons. The fourth-order valence-corrected chi connectivity index (χ4v) is 2.66. The molecule has 0 saturated heterocycles. The molecule has 1 aromatic carbocycles. The molecule has 1 heterocycles. The van der Waals surface area contributed by atoms with E-state index in [-0.39, 0.29) is 0 Å². The van der Waals surface area contributed by atoms with Gasteiger partial charge in [-0.3, -0.25) is 0 Å². The normalized spacial score (nSPS) is 10.2. The highest BCUT2D eigenvalue weighted by Gasteiger charge is 2.17. The summed E-state index contributed by atoms with van der Waals surface area (Å²) in [4.78, 5) is 12.4. The molecule has 0 amide bonds. The monoisotopic (exact) mass is 247 g/mol. The molecule has 0 atom stereocenters. The lowest BCUT2D eigenvalue weighted by molar-refractivity contribution is 0.0701. The van der Waals surface area contributed by atoms with Gasteiger partial charge in [0.25, 0.3) is 0 Å². The summed E-state index contributed by atoms with van der Waals surface area (Å²) in [6.07, 6.45) is 0. The Morgan fingerprint density at radius 2 is 1.88 bits per heavy atom. The molecule has 1 aromatic heterocycles. The first kappa shape index (κ1) is 11.7. The molecule has 4 heteroatoms. The van der Waals surface area contributed by atoms with Crippen LogP contribution in [0.4, 0.5) is 11.4 Å². The van der Waals surface area contributed by atoms with E-state index in [2.05, 4.69) is 5.32 Å². The first-order valence-electron chi connectivity index (χ1n) is 5.25. The second-order valence-electron chi connectivity index (χ2n) is 3.78. The van der Waals surface area contributed by atoms with Crippen molar-refractivity contribution in [3.8, 4) is 0 Å². The summed E-state index contributed by atoms with van der Waals surface area (Å²) in [5.41, 5.74) is 2.66. The minimum Gasteiger partial charge on any atom is -0.477 e. The molecule has 0 unspecified atom stereocenters. The Labute approximate surface area is 104 Å². The number of thiophene rings is 1. The largest absolute Gasteiger partial charge is 0.477 e. The van der Waals surface area contributed by atoms with Crippen LogP contribution in [0.3, 0.4) is 0 Å². The molecule has 0 fully saturated rings. The summed E-state index contributed by atoms with van der Waals surface area (Å²) in [5, 5.41) is 12.3. The predicted molar refractivity (Wildman–Crippen MR) is 70.5 cm³/mol. The Bertz CT molecular complexity index is 546. The standard InChI is InChI=1S/C13H13NO2S/c1-8-11(9(2)17-12(8)13(15)16)14-10-6-4-3-5-7-10/h3-7,14H,1-2H3,(H,15,16). The molecule has 17 heavy (non-hydrogen) atoms. The van der Waals surface area contributed by atoms with Crippen molar-refractivity contribution in [3.63, 3.8) is 0 Å². The van der Waals surface area contributed by atoms with Crippen LogP contribution in [0.1, 0.15) is 20.1 Å². The Balaban J connectivity index is 2.37. The molecule has 2 N–H and O–H groups in total. The van der Waals surface area contributed by atoms with Crippen molar-refractivity contribution >= 4 is 28.7 Å². The van der Waals surface area contributed by atoms with E-state index in [9.17, 15) is 4.79 Å². The van der Waals surface area contributed by atoms with Gasteiger partial charge in [0.15, 0.2) is 0 Å². The van der Waals surface area contributed by atoms with Crippen molar-refractivity contribution < 1.29 is 9.90 Å². The van der Waals surface area contributed by atoms with Gasteiger partial charge >= 0.3 is 5.97 Å². The molecule has 0 saturated carbocycles. The van der Waals surface area contributed by atoms with Gasteiger partial charge < -0.3 is 10.4 Å². The highest BCUT2D eigenvalue weighted by Crippen LogP contribution is 2.34. The van der Waals surface area contributed by atoms with Crippen LogP contribution in [0.5, 0.6) is 0 Å². The fraction of sp³-hybridized carbons (Fsp3) is 0.154. The number of benzene rings is 1. The number of carbonyl (C=O) groups is 1. The van der Waals surface area contributed by atoms with Crippen LogP contribution in [0.15, 0.2) is 30.3 Å². The Kier molecular flexibility index (Phi) is 3.15. The molecule has 0 spiro atoms. The van der Waals surface area contributed by atoms with E-state index in [1.54, 1.807) is 0 Å². The minimum absolute atomic E-state index is 0.404. The lowest BCUT2D eigenvalue weighted by atomic mass is 10.2. The van der Waals surface area contributed by atoms with Gasteiger partial charge in [-0.2, -0.15) is 0 Å². The van der Waals surface area contributed by atoms with Gasteiger partial charge in [0.05, 0.1) is 5.69 Å². The van der Waals surface area contributed by atoms with Crippen molar-refractivity contribution in [1.29, 1.82) is 0 Å². The molecule has 2 aromatic rings. The number of carboxylic acids is 1. The van der Waals surface area contributed by atoms with Crippen LogP contribution >= 0.6 is 11.3 Å². The number of aryl methyl sites for hydroxylation is 1. The predicted octanol–water partition coefficient (Wildman–Crippen LogP) is 3.81. The van der Waals surface area contributed by atoms with Gasteiger partial charge in [-0.15, -0.1) is 11.3 Å². The topological polar surface area (TPSA) is 49.3 Å². The van der Waals surface area contributed by atoms with Crippen molar-refractivity contribution in [2.75, 3.05) is 5.32 Å². The molecule has 0 aliphatic rings. The van der Waals surface area contributed by atoms with E-state index < -0.39 is 5.97 Å². The maximum Gasteiger partial charge on any atom is 0.346 e. The van der Waals surface area contributed by atoms with E-state index in [0.717, 1.165) is 21.8 Å². The van der Waals surface area contributed by atoms with Crippen LogP contribution in [0, 0.1) is 13.8 Å². The number of aromatic carboxylic acids is 1. The average Bonchev–Trinajstić information content (AvgIpc) is 2.58. The Hall–Kier alpha value is -1.81. The van der Waals surface area contributed by atoms with Crippen molar-refractivity contribution in [3.05, 3.63) is 45.6 Å². The molecule has 0 aliphatic heterocycles. The number of hydrogen-bond donors (Lipinski definition) is 2. The number of hydrogen-bond acceptors (Lipinski definition) is 3. The van der Waals surface area contributed by atoms with Gasteiger partial charge in [-0.05, 0) is 31.5 Å². The zero-order valence-corrected chi connectivity index (χ0v) is 10.5. The van der Waals surface area contributed by atoms with Crippen molar-refractivity contribution in [1.82, 2.24) is 0 Å². The Morgan fingerprint density at radius 3 is 2.41 bits per heavy atom. The molecular formula is C13H13NO2S. The third-order valence-corrected chi connectivity index (χ3v) is 3.76. The average molecular weight is 247 g/mol. The number of nitrogens with one attached hydrogen (secondary N) is 1. The number of anilines is 2. The van der Waals surface area contributed by atoms with Gasteiger partial charge in [0.2, 0.25) is 0 Å². The van der Waals surface area contributed by atoms with E-state index in [4.69, 9.17) is 5.11 Å². The smallest absolute Gasteiger partial charge is 0.346 e. The fourth-order valence-electron chi connectivity index (χ4n) is 1.71. The Morgan fingerprint density at radius 1 is 1.24 bits per heavy atom. The van der Waals surface area contributed by atoms with E-state index in [1.165, 1.54) is 11.3 Å². The van der Waals surface area contributed by atoms with E-state index >= 15 is 0 Å². The molecule has 0 bridgehead atoms. The van der Waals surface area contributed by atoms with Crippen LogP contribution < -0.4 is 5.32 Å². The molecule has 0 radical (unpaired) electrons. The SMILES string of the molecule is Cc1sc(C(=O)O)c(C)c1Nc1ccccc1. The van der Waals surface area contributed by atoms with Crippen LogP contribution in [-0.2, 0) is 0 Å². The van der Waals surface area contributed by atoms with Gasteiger partial charge in [-0.1, -0.05) is 18.2 Å². The van der Waals surface area contributed by atoms with Crippen LogP contribution in [0.25, 0.3) is 0 Å². The van der Waals surface area contributed by atoms with Crippen LogP contribution in [0.2, 0.25) is 0 Å². The van der Waals surface area contributed by atoms with E-state index in [0.29, 0.717) is 4.88 Å². The summed E-state index contributed by atoms with van der Waals surface area (Å²) in [7, 11) is 0. The van der Waals surface area contributed by atoms with Crippen molar-refractivity contribution in [2.45, 2.75) is 13.8 Å². The van der Waals surface area contributed by atoms with Crippen LogP contribution in [-0.4, -0.2) is 11.1 Å².